The minimum atomic E-state index is -0.997. The Balaban J connectivity index is 1.46. The van der Waals surface area contributed by atoms with Crippen LogP contribution in [0.2, 0.25) is 5.02 Å². The maximum Gasteiger partial charge on any atom is 0.323 e. The molecule has 0 saturated carbocycles. The number of carbonyl (C=O) groups is 1. The first-order valence-electron chi connectivity index (χ1n) is 9.30. The van der Waals surface area contributed by atoms with Crippen LogP contribution in [0, 0.1) is 11.6 Å². The smallest absolute Gasteiger partial charge is 0.323 e. The number of nitrogens with zero attached hydrogens (tertiary/aromatic N) is 2. The quantitative estimate of drug-likeness (QED) is 0.554. The first kappa shape index (κ1) is 20.4. The van der Waals surface area contributed by atoms with Crippen LogP contribution < -0.4 is 15.5 Å². The van der Waals surface area contributed by atoms with Crippen LogP contribution in [0.1, 0.15) is 13.8 Å². The lowest BCUT2D eigenvalue weighted by Gasteiger charge is -2.39. The number of nitrogens with one attached hydrogen (secondary N) is 3. The van der Waals surface area contributed by atoms with E-state index in [0.717, 1.165) is 12.1 Å². The summed E-state index contributed by atoms with van der Waals surface area (Å²) in [4.78, 5) is 21.6. The lowest BCUT2D eigenvalue weighted by molar-refractivity contribution is -0.0279. The highest BCUT2D eigenvalue weighted by Crippen LogP contribution is 2.30. The van der Waals surface area contributed by atoms with E-state index in [1.165, 1.54) is 12.4 Å². The minimum Gasteiger partial charge on any atom is -0.372 e. The molecule has 3 aromatic rings. The molecule has 0 radical (unpaired) electrons. The Hall–Kier alpha value is -2.91. The lowest BCUT2D eigenvalue weighted by atomic mass is 10.1. The van der Waals surface area contributed by atoms with Crippen molar-refractivity contribution in [2.45, 2.75) is 19.4 Å². The molecule has 158 valence electrons. The zero-order valence-electron chi connectivity index (χ0n) is 16.4. The van der Waals surface area contributed by atoms with Gasteiger partial charge < -0.3 is 25.3 Å². The lowest BCUT2D eigenvalue weighted by Crippen LogP contribution is -2.48. The van der Waals surface area contributed by atoms with Gasteiger partial charge in [0, 0.05) is 30.7 Å². The van der Waals surface area contributed by atoms with Gasteiger partial charge in [0.25, 0.3) is 0 Å². The number of benzene rings is 1. The van der Waals surface area contributed by atoms with Crippen LogP contribution in [0.4, 0.5) is 30.8 Å². The summed E-state index contributed by atoms with van der Waals surface area (Å²) in [6, 6.07) is 3.09. The molecular formula is C20H20ClF2N5O2. The Morgan fingerprint density at radius 1 is 1.27 bits per heavy atom. The molecule has 3 heterocycles. The number of aromatic nitrogens is 2. The van der Waals surface area contributed by atoms with Crippen molar-refractivity contribution in [2.75, 3.05) is 35.2 Å². The molecule has 0 unspecified atom stereocenters. The molecule has 30 heavy (non-hydrogen) atoms. The largest absolute Gasteiger partial charge is 0.372 e. The summed E-state index contributed by atoms with van der Waals surface area (Å²) in [5, 5.41) is 5.99. The second-order valence-electron chi connectivity index (χ2n) is 7.65. The summed E-state index contributed by atoms with van der Waals surface area (Å²) in [7, 11) is 0. The van der Waals surface area contributed by atoms with E-state index in [2.05, 4.69) is 20.6 Å². The van der Waals surface area contributed by atoms with Crippen molar-refractivity contribution in [1.82, 2.24) is 9.97 Å². The maximum atomic E-state index is 13.5. The first-order chi connectivity index (χ1) is 14.2. The van der Waals surface area contributed by atoms with E-state index in [-0.39, 0.29) is 5.60 Å². The van der Waals surface area contributed by atoms with Gasteiger partial charge in [0.05, 0.1) is 40.3 Å². The molecule has 10 heteroatoms. The van der Waals surface area contributed by atoms with Gasteiger partial charge in [0.2, 0.25) is 0 Å². The van der Waals surface area contributed by atoms with Crippen molar-refractivity contribution in [2.24, 2.45) is 0 Å². The van der Waals surface area contributed by atoms with Crippen molar-refractivity contribution < 1.29 is 18.3 Å². The van der Waals surface area contributed by atoms with E-state index in [9.17, 15) is 13.6 Å². The number of aromatic amines is 1. The Morgan fingerprint density at radius 2 is 2.03 bits per heavy atom. The number of halogens is 3. The number of rotatable bonds is 3. The van der Waals surface area contributed by atoms with Crippen LogP contribution in [0.5, 0.6) is 0 Å². The summed E-state index contributed by atoms with van der Waals surface area (Å²) < 4.78 is 32.6. The number of hydrogen-bond acceptors (Lipinski definition) is 4. The van der Waals surface area contributed by atoms with Gasteiger partial charge in [-0.2, -0.15) is 0 Å². The van der Waals surface area contributed by atoms with Crippen LogP contribution in [-0.2, 0) is 4.74 Å². The van der Waals surface area contributed by atoms with E-state index in [0.29, 0.717) is 52.8 Å². The fourth-order valence-electron chi connectivity index (χ4n) is 3.43. The standard InChI is InChI=1S/C20H20ClF2N5O2/c1-20(2)10-28(3-4-30-20)18-13(21)5-11(8-25-18)26-19(29)27-17-9-24-16-7-15(23)14(22)6-12(16)17/h5-9,24H,3-4,10H2,1-2H3,(H2,26,27,29). The molecule has 7 nitrogen and oxygen atoms in total. The third-order valence-electron chi connectivity index (χ3n) is 4.78. The Kier molecular flexibility index (Phi) is 5.25. The van der Waals surface area contributed by atoms with Crippen molar-refractivity contribution >= 4 is 45.7 Å². The molecule has 2 amide bonds. The number of ether oxygens (including phenoxy) is 1. The van der Waals surface area contributed by atoms with Gasteiger partial charge in [-0.25, -0.2) is 18.6 Å². The third kappa shape index (κ3) is 4.17. The molecule has 1 saturated heterocycles. The van der Waals surface area contributed by atoms with Crippen LogP contribution in [0.15, 0.2) is 30.6 Å². The van der Waals surface area contributed by atoms with Crippen molar-refractivity contribution in [3.8, 4) is 0 Å². The summed E-state index contributed by atoms with van der Waals surface area (Å²) in [6.45, 7) is 5.88. The number of H-pyrrole nitrogens is 1. The average Bonchev–Trinajstić information content (AvgIpc) is 3.03. The highest BCUT2D eigenvalue weighted by atomic mass is 35.5. The topological polar surface area (TPSA) is 82.3 Å². The van der Waals surface area contributed by atoms with Crippen LogP contribution in [0.25, 0.3) is 10.9 Å². The summed E-state index contributed by atoms with van der Waals surface area (Å²) in [5.41, 5.74) is 0.770. The summed E-state index contributed by atoms with van der Waals surface area (Å²) in [6.07, 6.45) is 2.96. The van der Waals surface area contributed by atoms with Crippen LogP contribution >= 0.6 is 11.6 Å². The van der Waals surface area contributed by atoms with E-state index in [4.69, 9.17) is 16.3 Å². The Morgan fingerprint density at radius 3 is 2.77 bits per heavy atom. The normalized spacial score (nSPS) is 16.0. The maximum absolute atomic E-state index is 13.5. The monoisotopic (exact) mass is 435 g/mol. The molecule has 0 aliphatic carbocycles. The molecule has 1 aliphatic heterocycles. The minimum absolute atomic E-state index is 0.304. The van der Waals surface area contributed by atoms with E-state index in [1.54, 1.807) is 6.07 Å². The zero-order valence-corrected chi connectivity index (χ0v) is 17.1. The number of urea groups is 1. The number of pyridine rings is 1. The first-order valence-corrected chi connectivity index (χ1v) is 9.68. The Bertz CT molecular complexity index is 1120. The van der Waals surface area contributed by atoms with Crippen molar-refractivity contribution in [3.05, 3.63) is 47.2 Å². The fraction of sp³-hybridized carbons (Fsp3) is 0.300. The van der Waals surface area contributed by atoms with Crippen LogP contribution in [-0.4, -0.2) is 41.3 Å². The van der Waals surface area contributed by atoms with Gasteiger partial charge in [0.1, 0.15) is 5.82 Å². The second-order valence-corrected chi connectivity index (χ2v) is 8.06. The number of carbonyl (C=O) groups excluding carboxylic acids is 1. The van der Waals surface area contributed by atoms with Crippen molar-refractivity contribution in [3.63, 3.8) is 0 Å². The molecule has 2 aromatic heterocycles. The van der Waals surface area contributed by atoms with E-state index < -0.39 is 17.7 Å². The molecular weight excluding hydrogens is 416 g/mol. The van der Waals surface area contributed by atoms with Crippen molar-refractivity contribution in [1.29, 1.82) is 0 Å². The second kappa shape index (κ2) is 7.73. The SMILES string of the molecule is CC1(C)CN(c2ncc(NC(=O)Nc3c[nH]c4cc(F)c(F)cc34)cc2Cl)CCO1. The number of fused-ring (bicyclic) bond motifs is 1. The molecule has 1 fully saturated rings. The van der Waals surface area contributed by atoms with Gasteiger partial charge in [-0.3, -0.25) is 0 Å². The van der Waals surface area contributed by atoms with Gasteiger partial charge in [-0.05, 0) is 26.0 Å². The zero-order chi connectivity index (χ0) is 21.5. The number of anilines is 3. The molecule has 0 spiro atoms. The molecule has 0 bridgehead atoms. The van der Waals surface area contributed by atoms with Gasteiger partial charge in [-0.15, -0.1) is 0 Å². The predicted molar refractivity (Wildman–Crippen MR) is 112 cm³/mol. The molecule has 3 N–H and O–H groups in total. The molecule has 0 atom stereocenters. The fourth-order valence-corrected chi connectivity index (χ4v) is 3.72. The number of amides is 2. The average molecular weight is 436 g/mol. The van der Waals surface area contributed by atoms with Gasteiger partial charge in [-0.1, -0.05) is 11.6 Å². The van der Waals surface area contributed by atoms with E-state index in [1.807, 2.05) is 18.7 Å². The number of morpholine rings is 1. The summed E-state index contributed by atoms with van der Waals surface area (Å²) in [5.74, 6) is -1.35. The predicted octanol–water partition coefficient (Wildman–Crippen LogP) is 4.75. The highest BCUT2D eigenvalue weighted by molar-refractivity contribution is 6.33. The van der Waals surface area contributed by atoms with Crippen LogP contribution in [0.3, 0.4) is 0 Å². The Labute approximate surface area is 176 Å². The van der Waals surface area contributed by atoms with Gasteiger partial charge >= 0.3 is 6.03 Å². The number of hydrogen-bond donors (Lipinski definition) is 3. The third-order valence-corrected chi connectivity index (χ3v) is 5.05. The molecule has 1 aliphatic rings. The highest BCUT2D eigenvalue weighted by Gasteiger charge is 2.29. The molecule has 4 rings (SSSR count). The molecule has 1 aromatic carbocycles. The summed E-state index contributed by atoms with van der Waals surface area (Å²) >= 11 is 6.39. The van der Waals surface area contributed by atoms with E-state index >= 15 is 0 Å². The van der Waals surface area contributed by atoms with Gasteiger partial charge in [0.15, 0.2) is 11.6 Å².